The normalized spacial score (nSPS) is 18.0. The highest BCUT2D eigenvalue weighted by Gasteiger charge is 2.38. The Balaban J connectivity index is 1.50. The first-order valence-corrected chi connectivity index (χ1v) is 13.0. The van der Waals surface area contributed by atoms with E-state index >= 15 is 0 Å². The molecule has 1 saturated heterocycles. The SMILES string of the molecule is O=C(C[C@]1(c2ccc(-c3cccc(NC(=O)Cc4ccc(Cl)cc4)c3)s2)CCCCS1)NO. The van der Waals surface area contributed by atoms with Gasteiger partial charge in [-0.3, -0.25) is 14.8 Å². The molecule has 0 radical (unpaired) electrons. The van der Waals surface area contributed by atoms with Gasteiger partial charge in [-0.05, 0) is 66.1 Å². The van der Waals surface area contributed by atoms with Crippen molar-refractivity contribution in [2.75, 3.05) is 11.1 Å². The first kappa shape index (κ1) is 23.8. The maximum atomic E-state index is 12.5. The van der Waals surface area contributed by atoms with E-state index in [4.69, 9.17) is 16.8 Å². The van der Waals surface area contributed by atoms with Gasteiger partial charge in [0.05, 0.1) is 11.2 Å². The second kappa shape index (κ2) is 10.7. The summed E-state index contributed by atoms with van der Waals surface area (Å²) in [5, 5.41) is 12.7. The maximum absolute atomic E-state index is 12.5. The minimum Gasteiger partial charge on any atom is -0.326 e. The number of carbonyl (C=O) groups excluding carboxylic acids is 2. The molecule has 0 saturated carbocycles. The number of thiophene rings is 1. The third-order valence-corrected chi connectivity index (χ3v) is 9.02. The lowest BCUT2D eigenvalue weighted by Crippen LogP contribution is -2.32. The standard InChI is InChI=1S/C25H25ClN2O3S2/c26-19-8-6-17(7-9-19)14-23(29)27-20-5-3-4-18(15-20)21-10-11-22(33-21)25(16-24(30)28-31)12-1-2-13-32-25/h3-11,15,31H,1-2,12-14,16H2,(H,27,29)(H,28,30)/t25-/m0/s1. The largest absolute Gasteiger partial charge is 0.326 e. The van der Waals surface area contributed by atoms with Crippen molar-refractivity contribution in [3.8, 4) is 10.4 Å². The molecule has 2 amide bonds. The number of carbonyl (C=O) groups is 2. The Hall–Kier alpha value is -2.32. The van der Waals surface area contributed by atoms with Crippen LogP contribution in [-0.4, -0.2) is 22.8 Å². The van der Waals surface area contributed by atoms with Crippen LogP contribution in [0.3, 0.4) is 0 Å². The number of hydroxylamine groups is 1. The molecule has 2 aromatic carbocycles. The summed E-state index contributed by atoms with van der Waals surface area (Å²) in [6.07, 6.45) is 3.65. The summed E-state index contributed by atoms with van der Waals surface area (Å²) in [6, 6.07) is 19.2. The van der Waals surface area contributed by atoms with Crippen LogP contribution in [0.2, 0.25) is 5.02 Å². The van der Waals surface area contributed by atoms with Gasteiger partial charge < -0.3 is 5.32 Å². The Morgan fingerprint density at radius 1 is 1.03 bits per heavy atom. The van der Waals surface area contributed by atoms with E-state index in [0.29, 0.717) is 5.02 Å². The highest BCUT2D eigenvalue weighted by atomic mass is 35.5. The van der Waals surface area contributed by atoms with Crippen molar-refractivity contribution < 1.29 is 14.8 Å². The van der Waals surface area contributed by atoms with Crippen LogP contribution < -0.4 is 10.8 Å². The number of rotatable bonds is 7. The molecule has 3 N–H and O–H groups in total. The molecule has 1 aliphatic rings. The van der Waals surface area contributed by atoms with Gasteiger partial charge in [0.15, 0.2) is 0 Å². The number of thioether (sulfide) groups is 1. The summed E-state index contributed by atoms with van der Waals surface area (Å²) in [5.41, 5.74) is 4.45. The Labute approximate surface area is 206 Å². The van der Waals surface area contributed by atoms with E-state index in [1.165, 1.54) is 0 Å². The fourth-order valence-electron chi connectivity index (χ4n) is 4.05. The van der Waals surface area contributed by atoms with Crippen LogP contribution in [0.15, 0.2) is 60.7 Å². The minimum absolute atomic E-state index is 0.0890. The second-order valence-electron chi connectivity index (χ2n) is 8.11. The van der Waals surface area contributed by atoms with Gasteiger partial charge in [0, 0.05) is 26.9 Å². The lowest BCUT2D eigenvalue weighted by Gasteiger charge is -2.35. The maximum Gasteiger partial charge on any atom is 0.245 e. The summed E-state index contributed by atoms with van der Waals surface area (Å²) in [7, 11) is 0. The lowest BCUT2D eigenvalue weighted by atomic mass is 9.94. The molecule has 2 heterocycles. The number of hydrogen-bond acceptors (Lipinski definition) is 5. The highest BCUT2D eigenvalue weighted by molar-refractivity contribution is 8.00. The molecule has 0 unspecified atom stereocenters. The highest BCUT2D eigenvalue weighted by Crippen LogP contribution is 2.50. The summed E-state index contributed by atoms with van der Waals surface area (Å²) in [5.74, 6) is 0.555. The molecule has 0 bridgehead atoms. The molecular weight excluding hydrogens is 476 g/mol. The zero-order valence-corrected chi connectivity index (χ0v) is 20.4. The van der Waals surface area contributed by atoms with E-state index in [0.717, 1.165) is 51.6 Å². The average molecular weight is 501 g/mol. The van der Waals surface area contributed by atoms with Crippen LogP contribution in [0.1, 0.15) is 36.1 Å². The Morgan fingerprint density at radius 2 is 1.85 bits per heavy atom. The molecule has 1 aromatic heterocycles. The van der Waals surface area contributed by atoms with Gasteiger partial charge >= 0.3 is 0 Å². The van der Waals surface area contributed by atoms with Gasteiger partial charge in [-0.1, -0.05) is 42.3 Å². The zero-order valence-electron chi connectivity index (χ0n) is 18.0. The summed E-state index contributed by atoms with van der Waals surface area (Å²) >= 11 is 9.38. The van der Waals surface area contributed by atoms with E-state index in [-0.39, 0.29) is 29.4 Å². The predicted molar refractivity (Wildman–Crippen MR) is 136 cm³/mol. The molecule has 172 valence electrons. The van der Waals surface area contributed by atoms with Gasteiger partial charge in [-0.25, -0.2) is 5.48 Å². The molecule has 4 rings (SSSR count). The van der Waals surface area contributed by atoms with Crippen molar-refractivity contribution in [3.63, 3.8) is 0 Å². The molecule has 0 aliphatic carbocycles. The molecule has 3 aromatic rings. The quantitative estimate of drug-likeness (QED) is 0.264. The van der Waals surface area contributed by atoms with Gasteiger partial charge in [-0.2, -0.15) is 0 Å². The van der Waals surface area contributed by atoms with E-state index in [2.05, 4.69) is 17.4 Å². The van der Waals surface area contributed by atoms with Gasteiger partial charge in [0.2, 0.25) is 11.8 Å². The number of benzene rings is 2. The van der Waals surface area contributed by atoms with Crippen molar-refractivity contribution in [2.45, 2.75) is 36.9 Å². The van der Waals surface area contributed by atoms with E-state index in [9.17, 15) is 9.59 Å². The molecule has 5 nitrogen and oxygen atoms in total. The summed E-state index contributed by atoms with van der Waals surface area (Å²) < 4.78 is -0.307. The molecule has 8 heteroatoms. The molecule has 1 fully saturated rings. The van der Waals surface area contributed by atoms with E-state index < -0.39 is 0 Å². The van der Waals surface area contributed by atoms with Crippen molar-refractivity contribution >= 4 is 52.2 Å². The second-order valence-corrected chi connectivity index (χ2v) is 11.1. The number of nitrogens with one attached hydrogen (secondary N) is 2. The molecule has 1 atom stereocenters. The van der Waals surface area contributed by atoms with Crippen LogP contribution in [0.25, 0.3) is 10.4 Å². The monoisotopic (exact) mass is 500 g/mol. The van der Waals surface area contributed by atoms with Gasteiger partial charge in [0.1, 0.15) is 0 Å². The number of hydrogen-bond donors (Lipinski definition) is 3. The van der Waals surface area contributed by atoms with Crippen LogP contribution in [0, 0.1) is 0 Å². The third kappa shape index (κ3) is 5.98. The van der Waals surface area contributed by atoms with Gasteiger partial charge in [0.25, 0.3) is 0 Å². The zero-order chi connectivity index (χ0) is 23.3. The van der Waals surface area contributed by atoms with E-state index in [1.54, 1.807) is 40.7 Å². The van der Waals surface area contributed by atoms with Crippen LogP contribution in [0.5, 0.6) is 0 Å². The molecule has 33 heavy (non-hydrogen) atoms. The van der Waals surface area contributed by atoms with E-state index in [1.807, 2.05) is 36.4 Å². The molecule has 0 spiro atoms. The molecular formula is C25H25ClN2O3S2. The van der Waals surface area contributed by atoms with Crippen molar-refractivity contribution in [1.29, 1.82) is 0 Å². The predicted octanol–water partition coefficient (Wildman–Crippen LogP) is 6.26. The Bertz CT molecular complexity index is 1120. The third-order valence-electron chi connectivity index (χ3n) is 5.69. The number of amides is 2. The summed E-state index contributed by atoms with van der Waals surface area (Å²) in [6.45, 7) is 0. The van der Waals surface area contributed by atoms with Crippen molar-refractivity contribution in [3.05, 3.63) is 76.1 Å². The fraction of sp³-hybridized carbons (Fsp3) is 0.280. The van der Waals surface area contributed by atoms with Gasteiger partial charge in [-0.15, -0.1) is 23.1 Å². The summed E-state index contributed by atoms with van der Waals surface area (Å²) in [4.78, 5) is 26.7. The van der Waals surface area contributed by atoms with Crippen LogP contribution in [0.4, 0.5) is 5.69 Å². The van der Waals surface area contributed by atoms with Crippen molar-refractivity contribution in [1.82, 2.24) is 5.48 Å². The smallest absolute Gasteiger partial charge is 0.245 e. The number of anilines is 1. The Kier molecular flexibility index (Phi) is 7.75. The minimum atomic E-state index is -0.357. The number of halogens is 1. The fourth-order valence-corrected chi connectivity index (χ4v) is 7.07. The van der Waals surface area contributed by atoms with Crippen LogP contribution in [-0.2, 0) is 20.8 Å². The van der Waals surface area contributed by atoms with Crippen LogP contribution >= 0.6 is 34.7 Å². The molecule has 1 aliphatic heterocycles. The lowest BCUT2D eigenvalue weighted by molar-refractivity contribution is -0.129. The Morgan fingerprint density at radius 3 is 2.58 bits per heavy atom. The first-order chi connectivity index (χ1) is 16.0. The average Bonchev–Trinajstić information content (AvgIpc) is 3.32. The first-order valence-electron chi connectivity index (χ1n) is 10.8. The van der Waals surface area contributed by atoms with Crippen molar-refractivity contribution in [2.24, 2.45) is 0 Å². The topological polar surface area (TPSA) is 78.4 Å².